The third kappa shape index (κ3) is 5.24. The number of nitrogens with zero attached hydrogens (tertiary/aromatic N) is 3. The minimum Gasteiger partial charge on any atom is -0.456 e. The lowest BCUT2D eigenvalue weighted by atomic mass is 9.97. The predicted octanol–water partition coefficient (Wildman–Crippen LogP) is 11.8. The van der Waals surface area contributed by atoms with Crippen molar-refractivity contribution in [3.05, 3.63) is 180 Å². The van der Waals surface area contributed by atoms with Gasteiger partial charge in [0.1, 0.15) is 11.2 Å². The maximum absolute atomic E-state index is 6.42. The minimum atomic E-state index is 0.440. The maximum Gasteiger partial charge on any atom is 0.161 e. The van der Waals surface area contributed by atoms with Crippen molar-refractivity contribution >= 4 is 72.6 Å². The fourth-order valence-corrected chi connectivity index (χ4v) is 7.05. The van der Waals surface area contributed by atoms with Gasteiger partial charge in [-0.25, -0.2) is 9.98 Å². The molecule has 50 heavy (non-hydrogen) atoms. The number of hydrogen-bond acceptors (Lipinski definition) is 2. The number of benzene rings is 8. The van der Waals surface area contributed by atoms with Crippen LogP contribution in [0.25, 0.3) is 65.4 Å². The highest BCUT2D eigenvalue weighted by molar-refractivity contribution is 6.23. The molecule has 0 fully saturated rings. The first-order valence-electron chi connectivity index (χ1n) is 16.7. The van der Waals surface area contributed by atoms with Crippen LogP contribution in [0.5, 0.6) is 0 Å². The second kappa shape index (κ2) is 12.4. The van der Waals surface area contributed by atoms with Crippen LogP contribution >= 0.6 is 0 Å². The van der Waals surface area contributed by atoms with E-state index in [0.717, 1.165) is 60.5 Å². The second-order valence-corrected chi connectivity index (χ2v) is 12.5. The molecule has 4 nitrogen and oxygen atoms in total. The molecule has 8 aromatic carbocycles. The Morgan fingerprint density at radius 3 is 2.00 bits per heavy atom. The Morgan fingerprint density at radius 2 is 1.18 bits per heavy atom. The molecule has 0 aliphatic rings. The Hall–Kier alpha value is -6.65. The van der Waals surface area contributed by atoms with Gasteiger partial charge < -0.3 is 4.42 Å². The van der Waals surface area contributed by atoms with Gasteiger partial charge in [0.15, 0.2) is 11.7 Å². The fraction of sp³-hybridized carbons (Fsp3) is 0.0217. The van der Waals surface area contributed by atoms with Gasteiger partial charge in [-0.2, -0.15) is 0 Å². The number of aliphatic imine (C=N–C) groups is 3. The summed E-state index contributed by atoms with van der Waals surface area (Å²) in [5.41, 5.74) is 6.54. The van der Waals surface area contributed by atoms with Crippen LogP contribution in [-0.2, 0) is 6.54 Å². The minimum absolute atomic E-state index is 0.440. The summed E-state index contributed by atoms with van der Waals surface area (Å²) in [6.45, 7) is 4.47. The third-order valence-electron chi connectivity index (χ3n) is 9.45. The van der Waals surface area contributed by atoms with Crippen LogP contribution in [0.1, 0.15) is 16.7 Å². The Morgan fingerprint density at radius 1 is 0.500 bits per heavy atom. The zero-order valence-corrected chi connectivity index (χ0v) is 27.3. The normalized spacial score (nSPS) is 12.4. The lowest BCUT2D eigenvalue weighted by molar-refractivity contribution is 0.669. The van der Waals surface area contributed by atoms with E-state index in [-0.39, 0.29) is 0 Å². The van der Waals surface area contributed by atoms with Crippen molar-refractivity contribution in [3.8, 4) is 11.1 Å². The highest BCUT2D eigenvalue weighted by atomic mass is 16.3. The van der Waals surface area contributed by atoms with Crippen LogP contribution in [-0.4, -0.2) is 18.4 Å². The van der Waals surface area contributed by atoms with Gasteiger partial charge in [0, 0.05) is 21.9 Å². The topological polar surface area (TPSA) is 50.2 Å². The first-order chi connectivity index (χ1) is 24.7. The van der Waals surface area contributed by atoms with Gasteiger partial charge in [0.25, 0.3) is 0 Å². The molecular weight excluding hydrogens is 611 g/mol. The molecule has 0 amide bonds. The molecule has 0 bridgehead atoms. The molecule has 9 rings (SSSR count). The molecule has 0 N–H and O–H groups in total. The van der Waals surface area contributed by atoms with Gasteiger partial charge in [-0.1, -0.05) is 133 Å². The molecule has 0 radical (unpaired) electrons. The Bertz CT molecular complexity index is 2810. The number of hydrogen-bond donors (Lipinski definition) is 0. The molecule has 1 heterocycles. The van der Waals surface area contributed by atoms with Crippen molar-refractivity contribution in [3.63, 3.8) is 0 Å². The highest BCUT2D eigenvalue weighted by Crippen LogP contribution is 2.36. The zero-order chi connectivity index (χ0) is 33.4. The van der Waals surface area contributed by atoms with E-state index in [0.29, 0.717) is 18.2 Å². The maximum atomic E-state index is 6.42. The lowest BCUT2D eigenvalue weighted by Gasteiger charge is -2.11. The van der Waals surface area contributed by atoms with Gasteiger partial charge in [0.2, 0.25) is 0 Å². The average Bonchev–Trinajstić information content (AvgIpc) is 3.56. The molecular formula is C46H31N3O. The third-order valence-corrected chi connectivity index (χ3v) is 9.45. The molecule has 9 aromatic rings. The molecule has 0 aliphatic heterocycles. The first-order valence-corrected chi connectivity index (χ1v) is 16.7. The lowest BCUT2D eigenvalue weighted by Crippen LogP contribution is -2.06. The van der Waals surface area contributed by atoms with E-state index in [4.69, 9.17) is 14.4 Å². The molecule has 236 valence electrons. The molecule has 1 aromatic heterocycles. The van der Waals surface area contributed by atoms with Crippen molar-refractivity contribution in [2.24, 2.45) is 15.0 Å². The van der Waals surface area contributed by atoms with Gasteiger partial charge in [-0.15, -0.1) is 0 Å². The van der Waals surface area contributed by atoms with E-state index in [2.05, 4.69) is 139 Å². The summed E-state index contributed by atoms with van der Waals surface area (Å²) in [6.07, 6.45) is 0. The molecule has 4 heteroatoms. The summed E-state index contributed by atoms with van der Waals surface area (Å²) in [5.74, 6) is 1.07. The number of furan rings is 1. The van der Waals surface area contributed by atoms with E-state index < -0.39 is 0 Å². The number of fused-ring (bicyclic) bond motifs is 7. The van der Waals surface area contributed by atoms with E-state index in [1.807, 2.05) is 36.4 Å². The zero-order valence-electron chi connectivity index (χ0n) is 27.3. The smallest absolute Gasteiger partial charge is 0.161 e. The molecule has 0 aliphatic carbocycles. The number of amidine groups is 2. The van der Waals surface area contributed by atoms with Gasteiger partial charge >= 0.3 is 0 Å². The van der Waals surface area contributed by atoms with E-state index >= 15 is 0 Å². The van der Waals surface area contributed by atoms with Crippen molar-refractivity contribution in [1.29, 1.82) is 0 Å². The summed E-state index contributed by atoms with van der Waals surface area (Å²) in [7, 11) is 0. The van der Waals surface area contributed by atoms with Crippen LogP contribution in [0, 0.1) is 0 Å². The van der Waals surface area contributed by atoms with Crippen molar-refractivity contribution in [1.82, 2.24) is 0 Å². The van der Waals surface area contributed by atoms with Crippen LogP contribution < -0.4 is 0 Å². The summed E-state index contributed by atoms with van der Waals surface area (Å²) in [6, 6.07) is 56.7. The highest BCUT2D eigenvalue weighted by Gasteiger charge is 2.18. The molecule has 0 atom stereocenters. The fourth-order valence-electron chi connectivity index (χ4n) is 7.05. The summed E-state index contributed by atoms with van der Waals surface area (Å²) >= 11 is 0. The largest absolute Gasteiger partial charge is 0.456 e. The monoisotopic (exact) mass is 641 g/mol. The Balaban J connectivity index is 1.27. The molecule has 0 unspecified atom stereocenters. The van der Waals surface area contributed by atoms with Crippen LogP contribution in [0.3, 0.4) is 0 Å². The van der Waals surface area contributed by atoms with E-state index in [1.54, 1.807) is 0 Å². The van der Waals surface area contributed by atoms with E-state index in [9.17, 15) is 0 Å². The van der Waals surface area contributed by atoms with Gasteiger partial charge in [-0.05, 0) is 86.1 Å². The van der Waals surface area contributed by atoms with Gasteiger partial charge in [-0.3, -0.25) is 4.99 Å². The number of rotatable bonds is 5. The Kier molecular flexibility index (Phi) is 7.33. The average molecular weight is 642 g/mol. The summed E-state index contributed by atoms with van der Waals surface area (Å²) in [5, 5.41) is 9.04. The SMILES string of the molecule is C=NC(=NC(=NCc1cc2ccccc2c2ccccc12)c1ccc2ccccc2c1)c1cc(-c2ccccc2)cc2oc3ccccc3c12. The number of para-hydroxylation sites is 1. The Labute approximate surface area is 289 Å². The molecule has 0 saturated heterocycles. The van der Waals surface area contributed by atoms with Gasteiger partial charge in [0.05, 0.1) is 6.54 Å². The van der Waals surface area contributed by atoms with Crippen molar-refractivity contribution in [2.75, 3.05) is 0 Å². The quantitative estimate of drug-likeness (QED) is 0.105. The second-order valence-electron chi connectivity index (χ2n) is 12.5. The van der Waals surface area contributed by atoms with Crippen molar-refractivity contribution < 1.29 is 4.42 Å². The predicted molar refractivity (Wildman–Crippen MR) is 211 cm³/mol. The molecule has 0 spiro atoms. The van der Waals surface area contributed by atoms with Crippen LogP contribution in [0.2, 0.25) is 0 Å². The van der Waals surface area contributed by atoms with Crippen LogP contribution in [0.4, 0.5) is 0 Å². The van der Waals surface area contributed by atoms with E-state index in [1.165, 1.54) is 21.5 Å². The van der Waals surface area contributed by atoms with Crippen molar-refractivity contribution in [2.45, 2.75) is 6.54 Å². The first kappa shape index (κ1) is 29.5. The van der Waals surface area contributed by atoms with Crippen LogP contribution in [0.15, 0.2) is 183 Å². The summed E-state index contributed by atoms with van der Waals surface area (Å²) in [4.78, 5) is 15.1. The summed E-state index contributed by atoms with van der Waals surface area (Å²) < 4.78 is 6.42. The molecule has 0 saturated carbocycles. The standard InChI is InChI=1S/C46H31N3O/c1-47-46(41-27-35(30-13-3-2-4-14-30)28-43-44(41)40-21-11-12-22-42(40)50-43)49-45(34-24-23-31-15-5-6-16-32(31)25-34)48-29-36-26-33-17-7-8-18-37(33)39-20-10-9-19-38(36)39/h2-28H,1,29H2.